The average molecular weight is 331 g/mol. The number of phenolic OH excluding ortho intramolecular Hbond substituents is 1. The van der Waals surface area contributed by atoms with Crippen LogP contribution in [0.3, 0.4) is 0 Å². The van der Waals surface area contributed by atoms with Crippen LogP contribution >= 0.6 is 0 Å². The molecule has 1 heterocycles. The van der Waals surface area contributed by atoms with Gasteiger partial charge in [0.05, 0.1) is 1.37 Å². The molecule has 2 aliphatic rings. The molecule has 3 rings (SSSR count). The first-order valence-corrected chi connectivity index (χ1v) is 7.60. The van der Waals surface area contributed by atoms with Crippen molar-refractivity contribution in [2.75, 3.05) is 0 Å². The van der Waals surface area contributed by atoms with Gasteiger partial charge in [0.25, 0.3) is 0 Å². The van der Waals surface area contributed by atoms with Crippen molar-refractivity contribution in [1.82, 2.24) is 0 Å². The van der Waals surface area contributed by atoms with Gasteiger partial charge in [-0.3, -0.25) is 0 Å². The zero-order chi connectivity index (χ0) is 30.4. The van der Waals surface area contributed by atoms with Crippen molar-refractivity contribution in [3.8, 4) is 11.5 Å². The number of unbranched alkanes of at least 4 members (excludes halogenated alkanes) is 2. The van der Waals surface area contributed by atoms with Gasteiger partial charge in [0.15, 0.2) is 0 Å². The van der Waals surface area contributed by atoms with Gasteiger partial charge in [-0.05, 0) is 63.8 Å². The van der Waals surface area contributed by atoms with Crippen LogP contribution in [-0.2, 0) is 6.42 Å². The third kappa shape index (κ3) is 3.13. The summed E-state index contributed by atoms with van der Waals surface area (Å²) in [5, 5.41) is 11.1. The predicted octanol–water partition coefficient (Wildman–Crippen LogP) is 5.74. The zero-order valence-electron chi connectivity index (χ0n) is 28.8. The van der Waals surface area contributed by atoms with Crippen LogP contribution in [0.4, 0.5) is 0 Å². The molecule has 1 aliphatic carbocycles. The molecule has 1 N–H and O–H groups in total. The Balaban J connectivity index is 2.67. The maximum atomic E-state index is 11.1. The molecule has 2 nitrogen and oxygen atoms in total. The maximum Gasteiger partial charge on any atom is 0.127 e. The lowest BCUT2D eigenvalue weighted by Crippen LogP contribution is -2.45. The molecule has 0 unspecified atom stereocenters. The number of hydrogen-bond donors (Lipinski definition) is 1. The van der Waals surface area contributed by atoms with Crippen LogP contribution in [0.5, 0.6) is 11.5 Å². The molecule has 126 valence electrons. The van der Waals surface area contributed by atoms with Crippen LogP contribution in [0.1, 0.15) is 98.4 Å². The van der Waals surface area contributed by atoms with Crippen LogP contribution in [0, 0.1) is 5.89 Å². The summed E-state index contributed by atoms with van der Waals surface area (Å²) in [5.41, 5.74) is -6.08. The standard InChI is InChI=1S/C21H30O2/c1-5-6-7-8-15-12-18(22)20-16-11-14(2)9-10-17(16)21(3,4)23-19(20)13-15/h11-13,16-17,22H,5-10H2,1-4H3/t16-,17-/m1/s1/i2D3,3D3,4D3,9D2,10D2,11D,16D,17D. The smallest absolute Gasteiger partial charge is 0.127 e. The second-order valence-electron chi connectivity index (χ2n) is 5.73. The lowest BCUT2D eigenvalue weighted by Gasteiger charge is -2.46. The molecule has 0 fully saturated rings. The maximum absolute atomic E-state index is 11.1. The van der Waals surface area contributed by atoms with Gasteiger partial charge in [-0.2, -0.15) is 0 Å². The summed E-state index contributed by atoms with van der Waals surface area (Å²) in [4.78, 5) is 0. The average Bonchev–Trinajstić information content (AvgIpc) is 2.72. The molecule has 1 aliphatic heterocycles. The van der Waals surface area contributed by atoms with E-state index in [1.54, 1.807) is 0 Å². The fraction of sp³-hybridized carbons (Fsp3) is 0.619. The van der Waals surface area contributed by atoms with Crippen LogP contribution < -0.4 is 4.74 Å². The lowest BCUT2D eigenvalue weighted by molar-refractivity contribution is 0.0107. The predicted molar refractivity (Wildman–Crippen MR) is 95.3 cm³/mol. The van der Waals surface area contributed by atoms with Crippen LogP contribution in [0.15, 0.2) is 23.8 Å². The first kappa shape index (κ1) is 5.82. The number of rotatable bonds is 4. The fourth-order valence-electron chi connectivity index (χ4n) is 2.79. The van der Waals surface area contributed by atoms with Gasteiger partial charge in [0, 0.05) is 37.9 Å². The summed E-state index contributed by atoms with van der Waals surface area (Å²) < 4.78 is 140. The van der Waals surface area contributed by atoms with Crippen molar-refractivity contribution in [1.29, 1.82) is 0 Å². The SMILES string of the molecule is [2H]C1=C(C([2H])([2H])[2H])C([2H])([2H])C([2H])([2H])[C@@]2([2H])C(C([2H])([2H])[2H])(C([2H])([2H])[2H])Oc3cc(CCCCC)cc(O)c3[C@]12[2H]. The molecule has 23 heavy (non-hydrogen) atoms. The molecule has 0 amide bonds. The molecular weight excluding hydrogens is 284 g/mol. The molecule has 0 spiro atoms. The van der Waals surface area contributed by atoms with Crippen molar-refractivity contribution >= 4 is 0 Å². The molecule has 2 heteroatoms. The normalized spacial score (nSPS) is 48.2. The number of aryl methyl sites for hydroxylation is 1. The zero-order valence-corrected chi connectivity index (χ0v) is 12.8. The highest BCUT2D eigenvalue weighted by Gasteiger charge is 2.45. The Morgan fingerprint density at radius 1 is 1.48 bits per heavy atom. The number of ether oxygens (including phenoxy) is 1. The van der Waals surface area contributed by atoms with E-state index in [0.717, 1.165) is 25.0 Å². The summed E-state index contributed by atoms with van der Waals surface area (Å²) >= 11 is 0. The van der Waals surface area contributed by atoms with Gasteiger partial charge in [-0.15, -0.1) is 0 Å². The highest BCUT2D eigenvalue weighted by Crippen LogP contribution is 2.53. The van der Waals surface area contributed by atoms with E-state index in [-0.39, 0.29) is 0 Å². The summed E-state index contributed by atoms with van der Waals surface area (Å²) in [7, 11) is 0. The third-order valence-corrected chi connectivity index (χ3v) is 3.89. The van der Waals surface area contributed by atoms with Gasteiger partial charge in [-0.25, -0.2) is 0 Å². The molecule has 2 atom stereocenters. The highest BCUT2D eigenvalue weighted by atomic mass is 16.5. The Morgan fingerprint density at radius 3 is 3.09 bits per heavy atom. The largest absolute Gasteiger partial charge is 0.507 e. The first-order valence-electron chi connectivity index (χ1n) is 15.6. The van der Waals surface area contributed by atoms with Gasteiger partial charge in [-0.1, -0.05) is 31.4 Å². The Bertz CT molecular complexity index is 1160. The Kier molecular flexibility index (Phi) is 1.58. The van der Waals surface area contributed by atoms with E-state index in [0.29, 0.717) is 18.4 Å². The van der Waals surface area contributed by atoms with E-state index < -0.39 is 79.4 Å². The summed E-state index contributed by atoms with van der Waals surface area (Å²) in [6.07, 6.45) is -5.42. The van der Waals surface area contributed by atoms with E-state index >= 15 is 0 Å². The quantitative estimate of drug-likeness (QED) is 0.564. The molecule has 0 radical (unpaired) electrons. The number of benzene rings is 1. The summed E-state index contributed by atoms with van der Waals surface area (Å²) in [5.74, 6) is -9.23. The Labute approximate surface area is 163 Å². The van der Waals surface area contributed by atoms with E-state index in [1.165, 1.54) is 0 Å². The Hall–Kier alpha value is -1.44. The van der Waals surface area contributed by atoms with Crippen LogP contribution in [0.25, 0.3) is 0 Å². The van der Waals surface area contributed by atoms with Crippen LogP contribution in [-0.4, -0.2) is 10.7 Å². The molecule has 0 saturated carbocycles. The van der Waals surface area contributed by atoms with Gasteiger partial charge < -0.3 is 9.84 Å². The topological polar surface area (TPSA) is 29.5 Å². The molecule has 1 aromatic carbocycles. The lowest BCUT2D eigenvalue weighted by atomic mass is 9.68. The van der Waals surface area contributed by atoms with E-state index in [1.807, 2.05) is 6.92 Å². The molecule has 0 saturated heterocycles. The molecular formula is C21H30O2. The molecule has 0 aromatic heterocycles. The minimum Gasteiger partial charge on any atom is -0.507 e. The van der Waals surface area contributed by atoms with Gasteiger partial charge >= 0.3 is 0 Å². The fourth-order valence-corrected chi connectivity index (χ4v) is 2.79. The van der Waals surface area contributed by atoms with Gasteiger partial charge in [0.2, 0.25) is 0 Å². The number of hydrogen-bond acceptors (Lipinski definition) is 2. The van der Waals surface area contributed by atoms with E-state index in [9.17, 15) is 7.85 Å². The minimum atomic E-state index is -4.08. The van der Waals surface area contributed by atoms with Crippen molar-refractivity contribution < 1.29 is 31.8 Å². The molecule has 1 aromatic rings. The molecule has 0 bridgehead atoms. The van der Waals surface area contributed by atoms with Crippen molar-refractivity contribution in [3.63, 3.8) is 0 Å². The second kappa shape index (κ2) is 6.22. The number of fused-ring (bicyclic) bond motifs is 3. The highest BCUT2D eigenvalue weighted by molar-refractivity contribution is 5.53. The van der Waals surface area contributed by atoms with Gasteiger partial charge in [0.1, 0.15) is 17.1 Å². The summed E-state index contributed by atoms with van der Waals surface area (Å²) in [6.45, 7) is -9.51. The number of aromatic hydroxyl groups is 1. The summed E-state index contributed by atoms with van der Waals surface area (Å²) in [6, 6.07) is 0.704. The van der Waals surface area contributed by atoms with E-state index in [2.05, 4.69) is 0 Å². The van der Waals surface area contributed by atoms with Crippen LogP contribution in [0.2, 0.25) is 0 Å². The minimum absolute atomic E-state index is 0.303. The number of phenols is 1. The van der Waals surface area contributed by atoms with E-state index in [4.69, 9.17) is 23.9 Å². The monoisotopic (exact) mass is 330 g/mol. The van der Waals surface area contributed by atoms with Crippen molar-refractivity contribution in [2.45, 2.75) is 77.4 Å². The number of allylic oxidation sites excluding steroid dienone is 2. The van der Waals surface area contributed by atoms with Crippen molar-refractivity contribution in [3.05, 3.63) is 34.9 Å². The Morgan fingerprint density at radius 2 is 2.35 bits per heavy atom. The third-order valence-electron chi connectivity index (χ3n) is 3.89. The van der Waals surface area contributed by atoms with Crippen molar-refractivity contribution in [2.24, 2.45) is 5.89 Å². The first-order chi connectivity index (χ1) is 17.3. The second-order valence-corrected chi connectivity index (χ2v) is 5.73.